The second-order valence-corrected chi connectivity index (χ2v) is 9.94. The van der Waals surface area contributed by atoms with Gasteiger partial charge in [0.2, 0.25) is 5.91 Å². The van der Waals surface area contributed by atoms with Gasteiger partial charge in [-0.15, -0.1) is 0 Å². The predicted molar refractivity (Wildman–Crippen MR) is 129 cm³/mol. The lowest BCUT2D eigenvalue weighted by molar-refractivity contribution is -0.121. The first-order chi connectivity index (χ1) is 16.2. The molecule has 0 radical (unpaired) electrons. The topological polar surface area (TPSA) is 59.3 Å². The van der Waals surface area contributed by atoms with Gasteiger partial charge >= 0.3 is 5.69 Å². The molecule has 1 N–H and O–H groups in total. The molecule has 1 unspecified atom stereocenters. The standard InChI is InChI=1S/C27H32N4O2/c32-26(28-20-12-13-20)18-30-24-9-3-4-10-25(24)31(27(30)33)21-14-16-29(17-15-21)23-11-5-7-19-6-1-2-8-22(19)23/h1-4,6,8-10,20-21,23H,5,7,11-18H2,(H,28,32). The van der Waals surface area contributed by atoms with Crippen molar-refractivity contribution in [2.24, 2.45) is 0 Å². The average Bonchev–Trinajstić information content (AvgIpc) is 3.62. The zero-order chi connectivity index (χ0) is 22.4. The molecular weight excluding hydrogens is 412 g/mol. The summed E-state index contributed by atoms with van der Waals surface area (Å²) >= 11 is 0. The summed E-state index contributed by atoms with van der Waals surface area (Å²) in [5.74, 6) is -0.0618. The van der Waals surface area contributed by atoms with Crippen LogP contribution in [0.25, 0.3) is 11.0 Å². The number of aryl methyl sites for hydroxylation is 1. The van der Waals surface area contributed by atoms with Crippen LogP contribution in [0.5, 0.6) is 0 Å². The average molecular weight is 445 g/mol. The van der Waals surface area contributed by atoms with Crippen LogP contribution in [0.4, 0.5) is 0 Å². The number of nitrogens with zero attached hydrogens (tertiary/aromatic N) is 3. The largest absolute Gasteiger partial charge is 0.352 e. The molecule has 3 aliphatic rings. The molecule has 0 spiro atoms. The highest BCUT2D eigenvalue weighted by Gasteiger charge is 2.31. The molecule has 1 saturated carbocycles. The molecule has 1 saturated heterocycles. The number of fused-ring (bicyclic) bond motifs is 2. The van der Waals surface area contributed by atoms with Crippen molar-refractivity contribution in [2.75, 3.05) is 13.1 Å². The molecule has 2 aromatic carbocycles. The Kier molecular flexibility index (Phi) is 5.33. The summed E-state index contributed by atoms with van der Waals surface area (Å²) in [5.41, 5.74) is 4.75. The minimum Gasteiger partial charge on any atom is -0.352 e. The van der Waals surface area contributed by atoms with Crippen LogP contribution in [0.2, 0.25) is 0 Å². The molecule has 1 atom stereocenters. The van der Waals surface area contributed by atoms with E-state index in [1.54, 1.807) is 4.57 Å². The molecule has 6 nitrogen and oxygen atoms in total. The van der Waals surface area contributed by atoms with Gasteiger partial charge in [-0.1, -0.05) is 36.4 Å². The molecule has 1 aliphatic heterocycles. The third-order valence-electron chi connectivity index (χ3n) is 7.76. The Bertz CT molecular complexity index is 1230. The number of piperidine rings is 1. The number of likely N-dealkylation sites (tertiary alicyclic amines) is 1. The number of rotatable bonds is 5. The highest BCUT2D eigenvalue weighted by Crippen LogP contribution is 2.37. The van der Waals surface area contributed by atoms with Gasteiger partial charge in [0.25, 0.3) is 0 Å². The molecule has 0 bridgehead atoms. The number of carbonyl (C=O) groups excluding carboxylic acids is 1. The molecular formula is C27H32N4O2. The molecule has 1 amide bonds. The minimum atomic E-state index is -0.0618. The van der Waals surface area contributed by atoms with E-state index in [0.29, 0.717) is 12.1 Å². The van der Waals surface area contributed by atoms with E-state index in [0.717, 1.165) is 49.8 Å². The van der Waals surface area contributed by atoms with E-state index in [1.165, 1.54) is 30.4 Å². The van der Waals surface area contributed by atoms with Crippen molar-refractivity contribution in [2.45, 2.75) is 69.6 Å². The second-order valence-electron chi connectivity index (χ2n) is 9.94. The number of hydrogen-bond acceptors (Lipinski definition) is 3. The van der Waals surface area contributed by atoms with Crippen molar-refractivity contribution in [1.29, 1.82) is 0 Å². The van der Waals surface area contributed by atoms with Crippen LogP contribution in [-0.2, 0) is 17.8 Å². The number of hydrogen-bond donors (Lipinski definition) is 1. The van der Waals surface area contributed by atoms with Gasteiger partial charge in [0.1, 0.15) is 6.54 Å². The number of benzene rings is 2. The van der Waals surface area contributed by atoms with Gasteiger partial charge in [-0.25, -0.2) is 4.79 Å². The van der Waals surface area contributed by atoms with Crippen LogP contribution in [0.15, 0.2) is 53.3 Å². The lowest BCUT2D eigenvalue weighted by Gasteiger charge is -2.40. The van der Waals surface area contributed by atoms with Crippen LogP contribution >= 0.6 is 0 Å². The summed E-state index contributed by atoms with van der Waals surface area (Å²) in [6.45, 7) is 2.09. The fraction of sp³-hybridized carbons (Fsp3) is 0.481. The minimum absolute atomic E-state index is 0.0522. The Morgan fingerprint density at radius 2 is 1.64 bits per heavy atom. The SMILES string of the molecule is O=C(Cn1c(=O)n(C2CCN(C3CCCc4ccccc43)CC2)c2ccccc21)NC1CC1. The highest BCUT2D eigenvalue weighted by atomic mass is 16.2. The molecule has 6 heteroatoms. The van der Waals surface area contributed by atoms with Crippen LogP contribution in [0.3, 0.4) is 0 Å². The smallest absolute Gasteiger partial charge is 0.329 e. The van der Waals surface area contributed by atoms with E-state index >= 15 is 0 Å². The van der Waals surface area contributed by atoms with E-state index in [-0.39, 0.29) is 24.2 Å². The van der Waals surface area contributed by atoms with E-state index in [1.807, 2.05) is 28.8 Å². The van der Waals surface area contributed by atoms with Crippen molar-refractivity contribution in [1.82, 2.24) is 19.4 Å². The molecule has 6 rings (SSSR count). The first kappa shape index (κ1) is 20.7. The van der Waals surface area contributed by atoms with Crippen LogP contribution in [-0.4, -0.2) is 39.1 Å². The number of amides is 1. The number of para-hydroxylation sites is 2. The number of carbonyl (C=O) groups is 1. The fourth-order valence-corrected chi connectivity index (χ4v) is 5.95. The number of imidazole rings is 1. The Balaban J connectivity index is 1.23. The first-order valence-electron chi connectivity index (χ1n) is 12.5. The summed E-state index contributed by atoms with van der Waals surface area (Å²) in [4.78, 5) is 28.6. The normalized spacial score (nSPS) is 21.8. The van der Waals surface area contributed by atoms with Crippen LogP contribution in [0, 0.1) is 0 Å². The van der Waals surface area contributed by atoms with Gasteiger partial charge in [-0.3, -0.25) is 18.8 Å². The van der Waals surface area contributed by atoms with Gasteiger partial charge in [-0.2, -0.15) is 0 Å². The van der Waals surface area contributed by atoms with Crippen LogP contribution in [0.1, 0.15) is 61.7 Å². The van der Waals surface area contributed by atoms with E-state index in [9.17, 15) is 9.59 Å². The quantitative estimate of drug-likeness (QED) is 0.651. The lowest BCUT2D eigenvalue weighted by Crippen LogP contribution is -2.41. The zero-order valence-corrected chi connectivity index (χ0v) is 19.1. The van der Waals surface area contributed by atoms with Gasteiger partial charge in [0, 0.05) is 31.2 Å². The van der Waals surface area contributed by atoms with Gasteiger partial charge < -0.3 is 5.32 Å². The summed E-state index contributed by atoms with van der Waals surface area (Å²) in [6.07, 6.45) is 7.67. The monoisotopic (exact) mass is 444 g/mol. The van der Waals surface area contributed by atoms with Crippen molar-refractivity contribution >= 4 is 16.9 Å². The number of nitrogens with one attached hydrogen (secondary N) is 1. The number of aromatic nitrogens is 2. The first-order valence-corrected chi connectivity index (χ1v) is 12.5. The molecule has 172 valence electrons. The van der Waals surface area contributed by atoms with Crippen molar-refractivity contribution in [3.63, 3.8) is 0 Å². The molecule has 2 aliphatic carbocycles. The van der Waals surface area contributed by atoms with Gasteiger partial charge in [0.15, 0.2) is 0 Å². The maximum atomic E-state index is 13.5. The molecule has 2 fully saturated rings. The zero-order valence-electron chi connectivity index (χ0n) is 19.1. The van der Waals surface area contributed by atoms with Crippen LogP contribution < -0.4 is 11.0 Å². The van der Waals surface area contributed by atoms with E-state index < -0.39 is 0 Å². The Hall–Kier alpha value is -2.86. The molecule has 3 aromatic rings. The van der Waals surface area contributed by atoms with E-state index in [2.05, 4.69) is 34.5 Å². The summed E-state index contributed by atoms with van der Waals surface area (Å²) in [5, 5.41) is 3.02. The molecule has 1 aromatic heterocycles. The second kappa shape index (κ2) is 8.49. The van der Waals surface area contributed by atoms with Gasteiger partial charge in [-0.05, 0) is 68.2 Å². The Morgan fingerprint density at radius 3 is 2.42 bits per heavy atom. The maximum absolute atomic E-state index is 13.5. The van der Waals surface area contributed by atoms with Crippen molar-refractivity contribution in [3.05, 3.63) is 70.1 Å². The Labute approximate surface area is 194 Å². The molecule has 2 heterocycles. The van der Waals surface area contributed by atoms with E-state index in [4.69, 9.17) is 0 Å². The summed E-state index contributed by atoms with van der Waals surface area (Å²) < 4.78 is 3.63. The van der Waals surface area contributed by atoms with Crippen molar-refractivity contribution in [3.8, 4) is 0 Å². The predicted octanol–water partition coefficient (Wildman–Crippen LogP) is 3.80. The summed E-state index contributed by atoms with van der Waals surface area (Å²) in [7, 11) is 0. The summed E-state index contributed by atoms with van der Waals surface area (Å²) in [6, 6.07) is 17.8. The maximum Gasteiger partial charge on any atom is 0.329 e. The fourth-order valence-electron chi connectivity index (χ4n) is 5.95. The lowest BCUT2D eigenvalue weighted by atomic mass is 9.86. The highest BCUT2D eigenvalue weighted by molar-refractivity contribution is 5.81. The molecule has 33 heavy (non-hydrogen) atoms. The Morgan fingerprint density at radius 1 is 0.909 bits per heavy atom. The third-order valence-corrected chi connectivity index (χ3v) is 7.76. The van der Waals surface area contributed by atoms with Gasteiger partial charge in [0.05, 0.1) is 11.0 Å². The third kappa shape index (κ3) is 3.90. The van der Waals surface area contributed by atoms with Crippen molar-refractivity contribution < 1.29 is 4.79 Å².